The molecule has 0 bridgehead atoms. The average Bonchev–Trinajstić information content (AvgIpc) is 2.68. The number of aromatic hydroxyl groups is 2. The van der Waals surface area contributed by atoms with Gasteiger partial charge in [-0.25, -0.2) is 22.0 Å². The van der Waals surface area contributed by atoms with E-state index in [2.05, 4.69) is 10.0 Å². The Bertz CT molecular complexity index is 1360. The topological polar surface area (TPSA) is 222 Å². The summed E-state index contributed by atoms with van der Waals surface area (Å²) in [5, 5.41) is 34.9. The second-order valence-electron chi connectivity index (χ2n) is 8.99. The molecule has 0 radical (unpaired) electrons. The lowest BCUT2D eigenvalue weighted by Crippen LogP contribution is -2.46. The first-order valence-electron chi connectivity index (χ1n) is 10.5. The van der Waals surface area contributed by atoms with E-state index in [0.717, 1.165) is 6.07 Å². The predicted octanol–water partition coefficient (Wildman–Crippen LogP) is 1.51. The largest absolute Gasteiger partial charge is 0.504 e. The summed E-state index contributed by atoms with van der Waals surface area (Å²) in [5.74, 6) is -1.37. The van der Waals surface area contributed by atoms with Crippen LogP contribution >= 0.6 is 11.6 Å². The first-order chi connectivity index (χ1) is 16.3. The van der Waals surface area contributed by atoms with E-state index in [0.29, 0.717) is 12.0 Å². The number of anilines is 1. The fourth-order valence-corrected chi connectivity index (χ4v) is 5.82. The van der Waals surface area contributed by atoms with Crippen molar-refractivity contribution in [3.8, 4) is 11.5 Å². The van der Waals surface area contributed by atoms with Gasteiger partial charge in [0.25, 0.3) is 0 Å². The molecule has 0 saturated carbocycles. The second kappa shape index (κ2) is 10.8. The first-order valence-corrected chi connectivity index (χ1v) is 13.9. The number of sulfonamides is 2. The molecule has 1 aliphatic heterocycles. The third-order valence-electron chi connectivity index (χ3n) is 5.06. The Morgan fingerprint density at radius 3 is 2.31 bits per heavy atom. The van der Waals surface area contributed by atoms with Crippen LogP contribution in [0.1, 0.15) is 32.8 Å². The number of phenolic OH excluding ortho intramolecular Hbond substituents is 2. The van der Waals surface area contributed by atoms with Crippen molar-refractivity contribution in [2.75, 3.05) is 5.32 Å². The Hall–Kier alpha value is -2.62. The lowest BCUT2D eigenvalue weighted by atomic mass is 9.94. The van der Waals surface area contributed by atoms with Crippen LogP contribution in [0.25, 0.3) is 0 Å². The molecule has 15 heteroatoms. The van der Waals surface area contributed by atoms with Gasteiger partial charge in [0.1, 0.15) is 15.3 Å². The SMILES string of the molecule is CC(C)CC1Nc2cc(Cl)c(S(N)(=O)=O)cc2S(=O)(=O)N1.C[C@](N)(Cc1ccc(O)c(O)c1)C(=O)O. The molecule has 1 aliphatic rings. The van der Waals surface area contributed by atoms with Gasteiger partial charge in [0.2, 0.25) is 20.0 Å². The number of rotatable bonds is 6. The summed E-state index contributed by atoms with van der Waals surface area (Å²) >= 11 is 5.88. The van der Waals surface area contributed by atoms with Gasteiger partial charge < -0.3 is 26.4 Å². The van der Waals surface area contributed by atoms with Gasteiger partial charge in [-0.05, 0) is 49.1 Å². The number of hydrogen-bond acceptors (Lipinski definition) is 9. The maximum atomic E-state index is 12.2. The number of nitrogens with one attached hydrogen (secondary N) is 2. The maximum Gasteiger partial charge on any atom is 0.323 e. The zero-order valence-corrected chi connectivity index (χ0v) is 22.1. The molecule has 2 aromatic carbocycles. The van der Waals surface area contributed by atoms with Gasteiger partial charge in [0.05, 0.1) is 16.9 Å². The fraction of sp³-hybridized carbons (Fsp3) is 0.381. The van der Waals surface area contributed by atoms with Gasteiger partial charge in [-0.1, -0.05) is 31.5 Å². The Balaban J connectivity index is 0.000000269. The van der Waals surface area contributed by atoms with Crippen molar-refractivity contribution in [1.29, 1.82) is 0 Å². The molecule has 0 amide bonds. The molecule has 1 unspecified atom stereocenters. The number of carboxylic acid groups (broad SMARTS) is 1. The van der Waals surface area contributed by atoms with Crippen molar-refractivity contribution in [3.63, 3.8) is 0 Å². The number of halogens is 1. The fourth-order valence-electron chi connectivity index (χ4n) is 3.31. The lowest BCUT2D eigenvalue weighted by Gasteiger charge is -2.29. The highest BCUT2D eigenvalue weighted by Gasteiger charge is 2.32. The van der Waals surface area contributed by atoms with E-state index in [1.807, 2.05) is 13.8 Å². The van der Waals surface area contributed by atoms with Crippen LogP contribution in [0.5, 0.6) is 11.5 Å². The molecular formula is C21H29ClN4O8S2. The van der Waals surface area contributed by atoms with Crippen molar-refractivity contribution in [3.05, 3.63) is 40.9 Å². The van der Waals surface area contributed by atoms with E-state index in [-0.39, 0.29) is 39.4 Å². The number of carboxylic acids is 1. The summed E-state index contributed by atoms with van der Waals surface area (Å²) < 4.78 is 49.7. The minimum absolute atomic E-state index is 0.0795. The highest BCUT2D eigenvalue weighted by atomic mass is 35.5. The molecule has 0 spiro atoms. The molecular weight excluding hydrogens is 536 g/mol. The molecule has 9 N–H and O–H groups in total. The molecule has 0 fully saturated rings. The molecule has 12 nitrogen and oxygen atoms in total. The van der Waals surface area contributed by atoms with Gasteiger partial charge in [-0.2, -0.15) is 4.72 Å². The lowest BCUT2D eigenvalue weighted by molar-refractivity contribution is -0.142. The minimum atomic E-state index is -4.10. The minimum Gasteiger partial charge on any atom is -0.504 e. The van der Waals surface area contributed by atoms with Gasteiger partial charge in [0.15, 0.2) is 11.5 Å². The third-order valence-corrected chi connectivity index (χ3v) is 7.95. The van der Waals surface area contributed by atoms with Crippen LogP contribution in [0.4, 0.5) is 5.69 Å². The number of nitrogens with two attached hydrogens (primary N) is 2. The van der Waals surface area contributed by atoms with Crippen LogP contribution in [0, 0.1) is 5.92 Å². The Morgan fingerprint density at radius 1 is 1.19 bits per heavy atom. The van der Waals surface area contributed by atoms with Crippen molar-refractivity contribution in [2.45, 2.75) is 55.1 Å². The van der Waals surface area contributed by atoms with E-state index < -0.39 is 42.6 Å². The number of fused-ring (bicyclic) bond motifs is 1. The van der Waals surface area contributed by atoms with E-state index in [1.54, 1.807) is 0 Å². The summed E-state index contributed by atoms with van der Waals surface area (Å²) in [7, 11) is -7.93. The number of primary sulfonamides is 1. The number of phenols is 2. The van der Waals surface area contributed by atoms with Gasteiger partial charge in [-0.3, -0.25) is 4.79 Å². The third kappa shape index (κ3) is 7.44. The Kier molecular flexibility index (Phi) is 8.87. The van der Waals surface area contributed by atoms with Crippen molar-refractivity contribution < 1.29 is 36.9 Å². The molecule has 200 valence electrons. The number of hydrogen-bond donors (Lipinski definition) is 7. The normalized spacial score (nSPS) is 18.2. The number of aliphatic carboxylic acids is 1. The zero-order chi connectivity index (χ0) is 27.6. The molecule has 2 atom stereocenters. The molecule has 2 aromatic rings. The second-order valence-corrected chi connectivity index (χ2v) is 12.6. The first kappa shape index (κ1) is 29.6. The van der Waals surface area contributed by atoms with Crippen molar-refractivity contribution >= 4 is 43.3 Å². The molecule has 1 heterocycles. The molecule has 36 heavy (non-hydrogen) atoms. The standard InChI is InChI=1S/C11H16ClN3O4S2.C10H13NO4/c1-6(2)3-11-14-8-4-7(12)9(20(13,16)17)5-10(8)21(18,19)15-11;1-10(11,9(14)15)5-6-2-3-7(12)8(13)4-6/h4-6,11,14-15H,3H2,1-2H3,(H2,13,16,17);2-4,12-13H,5,11H2,1H3,(H,14,15)/t;10-/m.0/s1. The maximum absolute atomic E-state index is 12.2. The quantitative estimate of drug-likeness (QED) is 0.250. The van der Waals surface area contributed by atoms with Crippen LogP contribution in [-0.4, -0.2) is 49.8 Å². The molecule has 0 aromatic heterocycles. The summed E-state index contributed by atoms with van der Waals surface area (Å²) in [5.41, 5.74) is 4.96. The summed E-state index contributed by atoms with van der Waals surface area (Å²) in [6, 6.07) is 6.34. The summed E-state index contributed by atoms with van der Waals surface area (Å²) in [6.07, 6.45) is 0.183. The van der Waals surface area contributed by atoms with Crippen molar-refractivity contribution in [2.24, 2.45) is 16.8 Å². The van der Waals surface area contributed by atoms with Crippen LogP contribution in [-0.2, 0) is 31.3 Å². The highest BCUT2D eigenvalue weighted by Crippen LogP contribution is 2.34. The summed E-state index contributed by atoms with van der Waals surface area (Å²) in [4.78, 5) is 10.1. The average molecular weight is 565 g/mol. The van der Waals surface area contributed by atoms with Crippen LogP contribution < -0.4 is 20.9 Å². The number of benzene rings is 2. The number of carbonyl (C=O) groups is 1. The van der Waals surface area contributed by atoms with Gasteiger partial charge in [-0.15, -0.1) is 0 Å². The predicted molar refractivity (Wildman–Crippen MR) is 134 cm³/mol. The van der Waals surface area contributed by atoms with Gasteiger partial charge >= 0.3 is 5.97 Å². The molecule has 0 aliphatic carbocycles. The van der Waals surface area contributed by atoms with Crippen LogP contribution in [0.3, 0.4) is 0 Å². The van der Waals surface area contributed by atoms with E-state index in [9.17, 15) is 26.7 Å². The monoisotopic (exact) mass is 564 g/mol. The van der Waals surface area contributed by atoms with E-state index in [1.165, 1.54) is 31.2 Å². The highest BCUT2D eigenvalue weighted by molar-refractivity contribution is 7.90. The van der Waals surface area contributed by atoms with E-state index >= 15 is 0 Å². The van der Waals surface area contributed by atoms with Gasteiger partial charge in [0, 0.05) is 6.42 Å². The Morgan fingerprint density at radius 2 is 1.81 bits per heavy atom. The summed E-state index contributed by atoms with van der Waals surface area (Å²) in [6.45, 7) is 5.31. The van der Waals surface area contributed by atoms with Crippen molar-refractivity contribution in [1.82, 2.24) is 4.72 Å². The zero-order valence-electron chi connectivity index (χ0n) is 19.7. The Labute approximate surface area is 214 Å². The smallest absolute Gasteiger partial charge is 0.323 e. The molecule has 0 saturated heterocycles. The molecule has 3 rings (SSSR count). The van der Waals surface area contributed by atoms with Crippen LogP contribution in [0.15, 0.2) is 40.1 Å². The van der Waals surface area contributed by atoms with Crippen LogP contribution in [0.2, 0.25) is 5.02 Å². The van der Waals surface area contributed by atoms with E-state index in [4.69, 9.17) is 32.7 Å².